The lowest BCUT2D eigenvalue weighted by molar-refractivity contribution is 0.0736. The smallest absolute Gasteiger partial charge is 0.214 e. The largest absolute Gasteiger partial charge is 0.291 e. The summed E-state index contributed by atoms with van der Waals surface area (Å²) < 4.78 is 33.9. The Hall–Kier alpha value is -3.96. The van der Waals surface area contributed by atoms with Crippen molar-refractivity contribution >= 4 is 27.4 Å². The molecule has 0 N–H and O–H groups in total. The third-order valence-corrected chi connectivity index (χ3v) is 11.1. The van der Waals surface area contributed by atoms with Crippen LogP contribution in [0.2, 0.25) is 0 Å². The molecule has 42 heavy (non-hydrogen) atoms. The van der Waals surface area contributed by atoms with Gasteiger partial charge < -0.3 is 0 Å². The van der Waals surface area contributed by atoms with Gasteiger partial charge >= 0.3 is 0 Å². The number of fused-ring (bicyclic) bond motifs is 2. The van der Waals surface area contributed by atoms with Crippen LogP contribution in [0.3, 0.4) is 0 Å². The van der Waals surface area contributed by atoms with E-state index in [1.807, 2.05) is 19.1 Å². The van der Waals surface area contributed by atoms with Crippen LogP contribution in [0.15, 0.2) is 65.7 Å². The average molecular weight is 586 g/mol. The Kier molecular flexibility index (Phi) is 6.28. The quantitative estimate of drug-likeness (QED) is 0.182. The highest BCUT2D eigenvalue weighted by molar-refractivity contribution is 7.98. The van der Waals surface area contributed by atoms with E-state index in [0.717, 1.165) is 41.7 Å². The van der Waals surface area contributed by atoms with Crippen molar-refractivity contribution in [2.75, 3.05) is 0 Å². The predicted octanol–water partition coefficient (Wildman–Crippen LogP) is 4.36. The number of ketones is 1. The summed E-state index contributed by atoms with van der Waals surface area (Å²) in [5.41, 5.74) is 3.82. The number of aryl methyl sites for hydroxylation is 2. The van der Waals surface area contributed by atoms with Gasteiger partial charge in [-0.25, -0.2) is 18.2 Å². The molecule has 4 aromatic heterocycles. The van der Waals surface area contributed by atoms with Crippen LogP contribution in [-0.2, 0) is 23.2 Å². The van der Waals surface area contributed by atoms with Gasteiger partial charge in [0.05, 0.1) is 43.8 Å². The molecule has 0 bridgehead atoms. The monoisotopic (exact) mass is 585 g/mol. The number of aromatic nitrogens is 6. The van der Waals surface area contributed by atoms with Crippen molar-refractivity contribution in [1.29, 1.82) is 0 Å². The minimum absolute atomic E-state index is 0.0387. The van der Waals surface area contributed by atoms with Crippen LogP contribution in [0.5, 0.6) is 0 Å². The Morgan fingerprint density at radius 2 is 1.93 bits per heavy atom. The molecule has 2 fully saturated rings. The van der Waals surface area contributed by atoms with Gasteiger partial charge in [-0.05, 0) is 86.7 Å². The van der Waals surface area contributed by atoms with Gasteiger partial charge in [0, 0.05) is 43.8 Å². The molecule has 2 saturated carbocycles. The number of pyridine rings is 2. The second-order valence-electron chi connectivity index (χ2n) is 11.8. The summed E-state index contributed by atoms with van der Waals surface area (Å²) in [7, 11) is -1.02. The fraction of sp³-hybridized carbons (Fsp3) is 0.355. The van der Waals surface area contributed by atoms with E-state index in [1.54, 1.807) is 47.3 Å². The van der Waals surface area contributed by atoms with Crippen molar-refractivity contribution in [3.63, 3.8) is 0 Å². The van der Waals surface area contributed by atoms with Crippen LogP contribution in [0.4, 0.5) is 4.39 Å². The molecule has 3 atom stereocenters. The number of nitrogens with zero attached hydrogens (tertiary/aromatic N) is 7. The van der Waals surface area contributed by atoms with Gasteiger partial charge in [0.15, 0.2) is 5.78 Å². The number of allylic oxidation sites excluding steroid dienone is 1. The summed E-state index contributed by atoms with van der Waals surface area (Å²) in [6, 6.07) is 6.82. The lowest BCUT2D eigenvalue weighted by atomic mass is 9.60. The Morgan fingerprint density at radius 3 is 2.64 bits per heavy atom. The molecule has 11 heteroatoms. The van der Waals surface area contributed by atoms with Gasteiger partial charge in [-0.3, -0.25) is 14.5 Å². The standard InChI is InChI=1S/C31H32FN7O2S/c1-20-8-10-33-27(12-20)30(40)31-15-21-17-36-38(24-9-11-34-29(32)14-24)28(21)13-22(31)4-5-25(16-31)39(23-6-7-23)42(3,41)26-18-35-37(2)19-26/h8-14,17-19,23,25H,3-7,15-16H2,1-2H3/t25-,31-,42?/m0/s1. The van der Waals surface area contributed by atoms with Crippen molar-refractivity contribution in [3.8, 4) is 5.69 Å². The summed E-state index contributed by atoms with van der Waals surface area (Å²) in [6.45, 7) is 1.95. The van der Waals surface area contributed by atoms with Crippen molar-refractivity contribution in [1.82, 2.24) is 33.8 Å². The molecule has 3 aliphatic rings. The predicted molar refractivity (Wildman–Crippen MR) is 158 cm³/mol. The van der Waals surface area contributed by atoms with Crippen LogP contribution >= 0.6 is 0 Å². The molecule has 7 rings (SSSR count). The summed E-state index contributed by atoms with van der Waals surface area (Å²) >= 11 is 0. The van der Waals surface area contributed by atoms with Gasteiger partial charge in [-0.2, -0.15) is 14.6 Å². The van der Waals surface area contributed by atoms with E-state index < -0.39 is 21.1 Å². The molecule has 4 heterocycles. The Bertz CT molecular complexity index is 1860. The van der Waals surface area contributed by atoms with Gasteiger partial charge in [0.1, 0.15) is 5.69 Å². The lowest BCUT2D eigenvalue weighted by Gasteiger charge is -2.47. The molecule has 0 radical (unpaired) electrons. The van der Waals surface area contributed by atoms with Gasteiger partial charge in [-0.1, -0.05) is 5.57 Å². The SMILES string of the molecule is C=S(=O)(c1cnn(C)c1)N(C1CC1)[C@H]1CCC2=Cc3c(cnn3-c3ccnc(F)c3)C[C@]2(C(=O)c2cc(C)ccn2)C1. The molecule has 216 valence electrons. The zero-order valence-corrected chi connectivity index (χ0v) is 24.4. The maximum atomic E-state index is 14.6. The molecule has 3 aliphatic carbocycles. The zero-order chi connectivity index (χ0) is 29.2. The molecule has 0 saturated heterocycles. The first-order valence-electron chi connectivity index (χ1n) is 14.2. The number of hydrogen-bond donors (Lipinski definition) is 0. The number of hydrogen-bond acceptors (Lipinski definition) is 6. The van der Waals surface area contributed by atoms with Gasteiger partial charge in [-0.15, -0.1) is 0 Å². The number of rotatable bonds is 7. The summed E-state index contributed by atoms with van der Waals surface area (Å²) in [6.07, 6.45) is 14.5. The Labute approximate surface area is 244 Å². The summed E-state index contributed by atoms with van der Waals surface area (Å²) in [5, 5.41) is 8.86. The highest BCUT2D eigenvalue weighted by Gasteiger charge is 2.53. The second kappa shape index (κ2) is 9.81. The van der Waals surface area contributed by atoms with Gasteiger partial charge in [0.25, 0.3) is 0 Å². The molecule has 9 nitrogen and oxygen atoms in total. The van der Waals surface area contributed by atoms with Crippen LogP contribution < -0.4 is 0 Å². The van der Waals surface area contributed by atoms with Crippen molar-refractivity contribution in [2.24, 2.45) is 12.5 Å². The van der Waals surface area contributed by atoms with Crippen LogP contribution in [0.1, 0.15) is 59.4 Å². The highest BCUT2D eigenvalue weighted by Crippen LogP contribution is 2.52. The molecule has 0 aromatic carbocycles. The van der Waals surface area contributed by atoms with E-state index in [-0.39, 0.29) is 17.9 Å². The minimum atomic E-state index is -2.83. The van der Waals surface area contributed by atoms with Crippen molar-refractivity contribution in [2.45, 2.75) is 62.4 Å². The third kappa shape index (κ3) is 4.42. The van der Waals surface area contributed by atoms with E-state index in [4.69, 9.17) is 0 Å². The fourth-order valence-corrected chi connectivity index (χ4v) is 8.86. The topological polar surface area (TPSA) is 98.8 Å². The van der Waals surface area contributed by atoms with Gasteiger partial charge in [0.2, 0.25) is 5.95 Å². The van der Waals surface area contributed by atoms with Crippen LogP contribution in [0, 0.1) is 18.3 Å². The first-order valence-corrected chi connectivity index (χ1v) is 15.9. The number of halogens is 1. The first-order chi connectivity index (χ1) is 20.2. The maximum absolute atomic E-state index is 14.6. The van der Waals surface area contributed by atoms with Crippen molar-refractivity contribution < 1.29 is 13.4 Å². The van der Waals surface area contributed by atoms with E-state index in [1.165, 1.54) is 12.3 Å². The average Bonchev–Trinajstić information content (AvgIpc) is 3.54. The Morgan fingerprint density at radius 1 is 1.12 bits per heavy atom. The number of carbonyl (C=O) groups excluding carboxylic acids is 1. The minimum Gasteiger partial charge on any atom is -0.291 e. The first kappa shape index (κ1) is 26.9. The highest BCUT2D eigenvalue weighted by atomic mass is 32.2. The maximum Gasteiger partial charge on any atom is 0.214 e. The third-order valence-electron chi connectivity index (χ3n) is 8.83. The normalized spacial score (nSPS) is 23.1. The molecular formula is C31H32FN7O2S. The molecular weight excluding hydrogens is 553 g/mol. The molecule has 4 aromatic rings. The number of Topliss-reactive ketones (excluding diaryl/α,β-unsaturated/α-hetero) is 1. The van der Waals surface area contributed by atoms with E-state index in [0.29, 0.717) is 35.5 Å². The summed E-state index contributed by atoms with van der Waals surface area (Å²) in [5.74, 6) is 3.63. The second-order valence-corrected chi connectivity index (χ2v) is 13.9. The lowest BCUT2D eigenvalue weighted by Crippen LogP contribution is -2.51. The van der Waals surface area contributed by atoms with E-state index in [9.17, 15) is 13.4 Å². The fourth-order valence-electron chi connectivity index (χ4n) is 6.73. The Balaban J connectivity index is 1.33. The van der Waals surface area contributed by atoms with E-state index in [2.05, 4.69) is 36.4 Å². The number of carbonyl (C=O) groups is 1. The molecule has 1 unspecified atom stereocenters. The zero-order valence-electron chi connectivity index (χ0n) is 23.6. The molecule has 0 amide bonds. The van der Waals surface area contributed by atoms with E-state index >= 15 is 0 Å². The van der Waals surface area contributed by atoms with Crippen LogP contribution in [0.25, 0.3) is 11.8 Å². The molecule has 0 spiro atoms. The van der Waals surface area contributed by atoms with Crippen molar-refractivity contribution in [3.05, 3.63) is 89.3 Å². The molecule has 0 aliphatic heterocycles. The summed E-state index contributed by atoms with van der Waals surface area (Å²) in [4.78, 5) is 23.4. The van der Waals surface area contributed by atoms with Crippen LogP contribution in [-0.4, -0.2) is 61.8 Å².